The summed E-state index contributed by atoms with van der Waals surface area (Å²) in [6, 6.07) is -0.905. The molecule has 128 valence electrons. The summed E-state index contributed by atoms with van der Waals surface area (Å²) in [5.41, 5.74) is 1.17. The van der Waals surface area contributed by atoms with Crippen molar-refractivity contribution in [3.63, 3.8) is 0 Å². The molecule has 0 radical (unpaired) electrons. The lowest BCUT2D eigenvalue weighted by Crippen LogP contribution is -2.48. The maximum atomic E-state index is 10.7. The number of fused-ring (bicyclic) bond motifs is 3. The minimum absolute atomic E-state index is 0.101. The Morgan fingerprint density at radius 1 is 1.35 bits per heavy atom. The van der Waals surface area contributed by atoms with E-state index in [-0.39, 0.29) is 35.9 Å². The van der Waals surface area contributed by atoms with Gasteiger partial charge in [0.15, 0.2) is 11.5 Å². The number of rotatable bonds is 4. The second-order valence-electron chi connectivity index (χ2n) is 6.97. The third kappa shape index (κ3) is 3.20. The molecular weight excluding hydrogens is 290 g/mol. The molecular formula is C19H29NO3. The molecule has 4 heteroatoms. The number of aliphatic hydroxyl groups excluding tert-OH is 1. The predicted octanol–water partition coefficient (Wildman–Crippen LogP) is 3.03. The fourth-order valence-corrected chi connectivity index (χ4v) is 3.80. The Hall–Kier alpha value is -1.26. The van der Waals surface area contributed by atoms with Gasteiger partial charge in [0, 0.05) is 19.1 Å². The van der Waals surface area contributed by atoms with Crippen LogP contribution in [0.4, 0.5) is 0 Å². The molecule has 0 saturated carbocycles. The van der Waals surface area contributed by atoms with Crippen LogP contribution in [-0.2, 0) is 6.42 Å². The molecule has 4 nitrogen and oxygen atoms in total. The summed E-state index contributed by atoms with van der Waals surface area (Å²) in [4.78, 5) is 2.07. The number of hydrogen-bond donors (Lipinski definition) is 1. The van der Waals surface area contributed by atoms with Gasteiger partial charge in [-0.25, -0.2) is 0 Å². The van der Waals surface area contributed by atoms with Gasteiger partial charge in [0.05, 0.1) is 24.4 Å². The summed E-state index contributed by atoms with van der Waals surface area (Å²) in [6.45, 7) is 5.58. The molecule has 3 atom stereocenters. The molecule has 1 fully saturated rings. The number of benzene rings is 1. The zero-order chi connectivity index (χ0) is 19.2. The Bertz CT molecular complexity index is 697. The zero-order valence-electron chi connectivity index (χ0n) is 17.5. The first-order chi connectivity index (χ1) is 12.2. The fourth-order valence-electron chi connectivity index (χ4n) is 3.80. The molecule has 1 aromatic rings. The lowest BCUT2D eigenvalue weighted by Gasteiger charge is -2.46. The van der Waals surface area contributed by atoms with Crippen molar-refractivity contribution in [2.75, 3.05) is 27.3 Å². The van der Waals surface area contributed by atoms with Crippen LogP contribution in [-0.4, -0.2) is 43.4 Å². The number of aliphatic hydroxyl groups is 1. The van der Waals surface area contributed by atoms with Crippen molar-refractivity contribution in [3.05, 3.63) is 23.2 Å². The van der Waals surface area contributed by atoms with E-state index in [4.69, 9.17) is 13.6 Å². The molecule has 0 spiro atoms. The first kappa shape index (κ1) is 13.1. The Balaban J connectivity index is 2.09. The number of piperidine rings is 1. The summed E-state index contributed by atoms with van der Waals surface area (Å²) >= 11 is 0. The topological polar surface area (TPSA) is 41.9 Å². The third-order valence-corrected chi connectivity index (χ3v) is 4.90. The average Bonchev–Trinajstić information content (AvgIpc) is 2.57. The van der Waals surface area contributed by atoms with Crippen LogP contribution in [0.25, 0.3) is 0 Å². The normalized spacial score (nSPS) is 32.5. The second kappa shape index (κ2) is 6.70. The van der Waals surface area contributed by atoms with Crippen LogP contribution < -0.4 is 9.47 Å². The highest BCUT2D eigenvalue weighted by atomic mass is 16.5. The van der Waals surface area contributed by atoms with Gasteiger partial charge >= 0.3 is 0 Å². The number of ether oxygens (including phenoxy) is 2. The highest BCUT2D eigenvalue weighted by Gasteiger charge is 2.38. The maximum Gasteiger partial charge on any atom is 0.161 e. The van der Waals surface area contributed by atoms with Gasteiger partial charge in [0.2, 0.25) is 0 Å². The van der Waals surface area contributed by atoms with E-state index in [0.717, 1.165) is 6.42 Å². The van der Waals surface area contributed by atoms with Crippen LogP contribution in [0.15, 0.2) is 12.1 Å². The first-order valence-corrected chi connectivity index (χ1v) is 8.42. The van der Waals surface area contributed by atoms with E-state index in [9.17, 15) is 5.11 Å². The molecule has 0 amide bonds. The van der Waals surface area contributed by atoms with E-state index in [0.29, 0.717) is 36.6 Å². The van der Waals surface area contributed by atoms with Crippen molar-refractivity contribution >= 4 is 0 Å². The smallest absolute Gasteiger partial charge is 0.161 e. The molecule has 2 aliphatic heterocycles. The van der Waals surface area contributed by atoms with Gasteiger partial charge in [-0.15, -0.1) is 0 Å². The lowest BCUT2D eigenvalue weighted by molar-refractivity contribution is -0.0191. The molecule has 1 N–H and O–H groups in total. The second-order valence-corrected chi connectivity index (χ2v) is 6.97. The van der Waals surface area contributed by atoms with Gasteiger partial charge in [-0.1, -0.05) is 13.8 Å². The van der Waals surface area contributed by atoms with Crippen molar-refractivity contribution in [2.45, 2.75) is 45.2 Å². The molecule has 3 unspecified atom stereocenters. The standard InChI is InChI=1S/C19H29NO3/c1-12(2)7-14-11-20-6-5-13-8-18(22-3)19(23-4)9-15(13)16(20)10-17(14)21/h8-9,12,14,16-17,21H,5-7,10-11H2,1-4H3/i8D,9D,16D. The zero-order valence-corrected chi connectivity index (χ0v) is 14.5. The van der Waals surface area contributed by atoms with E-state index in [2.05, 4.69) is 18.7 Å². The van der Waals surface area contributed by atoms with Gasteiger partial charge < -0.3 is 14.6 Å². The Labute approximate surface area is 143 Å². The van der Waals surface area contributed by atoms with Crippen LogP contribution in [0, 0.1) is 11.8 Å². The van der Waals surface area contributed by atoms with Crippen molar-refractivity contribution in [3.8, 4) is 11.5 Å². The number of nitrogens with zero attached hydrogens (tertiary/aromatic N) is 1. The van der Waals surface area contributed by atoms with Crippen molar-refractivity contribution < 1.29 is 18.7 Å². The van der Waals surface area contributed by atoms with E-state index in [1.165, 1.54) is 14.2 Å². The monoisotopic (exact) mass is 322 g/mol. The van der Waals surface area contributed by atoms with E-state index in [1.54, 1.807) is 0 Å². The van der Waals surface area contributed by atoms with Gasteiger partial charge in [-0.2, -0.15) is 0 Å². The van der Waals surface area contributed by atoms with Gasteiger partial charge in [0.25, 0.3) is 0 Å². The average molecular weight is 322 g/mol. The van der Waals surface area contributed by atoms with E-state index in [1.807, 2.05) is 0 Å². The third-order valence-electron chi connectivity index (χ3n) is 4.90. The highest BCUT2D eigenvalue weighted by Crippen LogP contribution is 2.43. The lowest BCUT2D eigenvalue weighted by atomic mass is 9.79. The fraction of sp³-hybridized carbons (Fsp3) is 0.684. The summed E-state index contributed by atoms with van der Waals surface area (Å²) in [7, 11) is 2.92. The first-order valence-electron chi connectivity index (χ1n) is 9.92. The molecule has 3 rings (SSSR count). The van der Waals surface area contributed by atoms with Gasteiger partial charge in [-0.3, -0.25) is 4.90 Å². The molecule has 0 bridgehead atoms. The predicted molar refractivity (Wildman–Crippen MR) is 91.1 cm³/mol. The number of methoxy groups -OCH3 is 2. The largest absolute Gasteiger partial charge is 0.493 e. The Kier molecular flexibility index (Phi) is 3.81. The summed E-state index contributed by atoms with van der Waals surface area (Å²) in [5.74, 6) is 1.08. The molecule has 1 saturated heterocycles. The Morgan fingerprint density at radius 2 is 2.04 bits per heavy atom. The van der Waals surface area contributed by atoms with Crippen LogP contribution in [0.1, 0.15) is 47.9 Å². The van der Waals surface area contributed by atoms with E-state index >= 15 is 0 Å². The van der Waals surface area contributed by atoms with Crippen LogP contribution in [0.3, 0.4) is 0 Å². The molecule has 0 aliphatic carbocycles. The van der Waals surface area contributed by atoms with Crippen LogP contribution >= 0.6 is 0 Å². The van der Waals surface area contributed by atoms with Crippen LogP contribution in [0.5, 0.6) is 11.5 Å². The Morgan fingerprint density at radius 3 is 2.70 bits per heavy atom. The van der Waals surface area contributed by atoms with Crippen molar-refractivity contribution in [2.24, 2.45) is 11.8 Å². The molecule has 0 aromatic heterocycles. The number of hydrogen-bond acceptors (Lipinski definition) is 4. The SMILES string of the molecule is [2H]c1c2c(c([2H])c(OC)c1OC)C1([2H])CC(O)C(CC(C)C)CN1CC2. The summed E-state index contributed by atoms with van der Waals surface area (Å²) in [6.07, 6.45) is 1.19. The molecule has 2 aliphatic rings. The van der Waals surface area contributed by atoms with Crippen molar-refractivity contribution in [1.29, 1.82) is 0 Å². The van der Waals surface area contributed by atoms with Crippen LogP contribution in [0.2, 0.25) is 0 Å². The molecule has 2 heterocycles. The minimum atomic E-state index is -1.20. The summed E-state index contributed by atoms with van der Waals surface area (Å²) < 4.78 is 36.9. The van der Waals surface area contributed by atoms with Crippen molar-refractivity contribution in [1.82, 2.24) is 4.90 Å². The highest BCUT2D eigenvalue weighted by molar-refractivity contribution is 5.49. The maximum absolute atomic E-state index is 10.7. The quantitative estimate of drug-likeness (QED) is 0.925. The van der Waals surface area contributed by atoms with Gasteiger partial charge in [-0.05, 0) is 54.3 Å². The minimum Gasteiger partial charge on any atom is -0.493 e. The molecule has 23 heavy (non-hydrogen) atoms. The van der Waals surface area contributed by atoms with Gasteiger partial charge in [0.1, 0.15) is 0 Å². The summed E-state index contributed by atoms with van der Waals surface area (Å²) in [5, 5.41) is 10.7. The van der Waals surface area contributed by atoms with E-state index < -0.39 is 12.1 Å². The molecule has 1 aromatic carbocycles.